The number of hydrogen-bond donors (Lipinski definition) is 1. The van der Waals surface area contributed by atoms with Crippen molar-refractivity contribution in [3.8, 4) is 5.75 Å². The van der Waals surface area contributed by atoms with Crippen LogP contribution < -0.4 is 10.1 Å². The van der Waals surface area contributed by atoms with Crippen molar-refractivity contribution in [3.05, 3.63) is 58.1 Å². The monoisotopic (exact) mass is 309 g/mol. The lowest BCUT2D eigenvalue weighted by Crippen LogP contribution is -2.12. The zero-order valence-electron chi connectivity index (χ0n) is 10.8. The fraction of sp³-hybridized carbons (Fsp3) is 0.133. The van der Waals surface area contributed by atoms with Crippen molar-refractivity contribution in [2.75, 3.05) is 11.9 Å². The number of anilines is 1. The molecule has 1 amide bonds. The van der Waals surface area contributed by atoms with Crippen LogP contribution in [0.1, 0.15) is 17.3 Å². The van der Waals surface area contributed by atoms with Crippen molar-refractivity contribution in [2.24, 2.45) is 0 Å². The SMILES string of the molecule is CCOc1ccc(NC(=O)c2cccc(Cl)c2Cl)cc1. The number of carbonyl (C=O) groups excluding carboxylic acids is 1. The van der Waals surface area contributed by atoms with Crippen LogP contribution >= 0.6 is 23.2 Å². The number of hydrogen-bond acceptors (Lipinski definition) is 2. The predicted octanol–water partition coefficient (Wildman–Crippen LogP) is 4.64. The van der Waals surface area contributed by atoms with Crippen molar-refractivity contribution in [1.29, 1.82) is 0 Å². The minimum atomic E-state index is -0.304. The highest BCUT2D eigenvalue weighted by molar-refractivity contribution is 6.44. The van der Waals surface area contributed by atoms with Gasteiger partial charge in [-0.25, -0.2) is 0 Å². The first kappa shape index (κ1) is 14.7. The Morgan fingerprint density at radius 1 is 1.15 bits per heavy atom. The molecule has 1 N–H and O–H groups in total. The number of amides is 1. The second-order valence-electron chi connectivity index (χ2n) is 4.01. The first-order valence-electron chi connectivity index (χ1n) is 6.10. The lowest BCUT2D eigenvalue weighted by molar-refractivity contribution is 0.102. The Hall–Kier alpha value is -1.71. The highest BCUT2D eigenvalue weighted by atomic mass is 35.5. The van der Waals surface area contributed by atoms with Crippen molar-refractivity contribution in [2.45, 2.75) is 6.92 Å². The van der Waals surface area contributed by atoms with Crippen LogP contribution in [0, 0.1) is 0 Å². The Morgan fingerprint density at radius 3 is 2.50 bits per heavy atom. The van der Waals surface area contributed by atoms with E-state index in [1.165, 1.54) is 0 Å². The van der Waals surface area contributed by atoms with Gasteiger partial charge in [-0.15, -0.1) is 0 Å². The molecule has 0 bridgehead atoms. The second kappa shape index (κ2) is 6.64. The van der Waals surface area contributed by atoms with Gasteiger partial charge in [0.25, 0.3) is 5.91 Å². The molecular weight excluding hydrogens is 297 g/mol. The van der Waals surface area contributed by atoms with Crippen LogP contribution in [-0.4, -0.2) is 12.5 Å². The van der Waals surface area contributed by atoms with Gasteiger partial charge in [0.2, 0.25) is 0 Å². The third-order valence-electron chi connectivity index (χ3n) is 2.62. The van der Waals surface area contributed by atoms with Crippen LogP contribution in [-0.2, 0) is 0 Å². The lowest BCUT2D eigenvalue weighted by Gasteiger charge is -2.08. The maximum Gasteiger partial charge on any atom is 0.257 e. The molecule has 0 aliphatic rings. The Balaban J connectivity index is 2.13. The number of carbonyl (C=O) groups is 1. The molecule has 2 aromatic rings. The first-order chi connectivity index (χ1) is 9.61. The Labute approximate surface area is 127 Å². The van der Waals surface area contributed by atoms with E-state index in [2.05, 4.69) is 5.32 Å². The molecule has 0 aromatic heterocycles. The van der Waals surface area contributed by atoms with Gasteiger partial charge < -0.3 is 10.1 Å². The minimum Gasteiger partial charge on any atom is -0.494 e. The molecule has 3 nitrogen and oxygen atoms in total. The summed E-state index contributed by atoms with van der Waals surface area (Å²) in [6.07, 6.45) is 0. The number of ether oxygens (including phenoxy) is 1. The minimum absolute atomic E-state index is 0.248. The van der Waals surface area contributed by atoms with E-state index in [1.807, 2.05) is 6.92 Å². The van der Waals surface area contributed by atoms with E-state index in [0.717, 1.165) is 5.75 Å². The summed E-state index contributed by atoms with van der Waals surface area (Å²) < 4.78 is 5.33. The molecule has 0 spiro atoms. The highest BCUT2D eigenvalue weighted by Crippen LogP contribution is 2.26. The summed E-state index contributed by atoms with van der Waals surface area (Å²) >= 11 is 11.9. The third-order valence-corrected chi connectivity index (χ3v) is 3.44. The van der Waals surface area contributed by atoms with Crippen molar-refractivity contribution < 1.29 is 9.53 Å². The Kier molecular flexibility index (Phi) is 4.88. The number of rotatable bonds is 4. The largest absolute Gasteiger partial charge is 0.494 e. The van der Waals surface area contributed by atoms with Crippen LogP contribution in [0.4, 0.5) is 5.69 Å². The molecule has 0 fully saturated rings. The van der Waals surface area contributed by atoms with E-state index >= 15 is 0 Å². The van der Waals surface area contributed by atoms with E-state index in [1.54, 1.807) is 42.5 Å². The van der Waals surface area contributed by atoms with Gasteiger partial charge in [0.05, 0.1) is 22.2 Å². The molecule has 0 unspecified atom stereocenters. The molecular formula is C15H13Cl2NO2. The second-order valence-corrected chi connectivity index (χ2v) is 4.80. The summed E-state index contributed by atoms with van der Waals surface area (Å²) in [4.78, 5) is 12.1. The normalized spacial score (nSPS) is 10.2. The van der Waals surface area contributed by atoms with Crippen molar-refractivity contribution >= 4 is 34.8 Å². The van der Waals surface area contributed by atoms with Gasteiger partial charge in [0.1, 0.15) is 5.75 Å². The zero-order valence-corrected chi connectivity index (χ0v) is 12.3. The molecule has 104 valence electrons. The first-order valence-corrected chi connectivity index (χ1v) is 6.85. The van der Waals surface area contributed by atoms with Gasteiger partial charge in [0.15, 0.2) is 0 Å². The average molecular weight is 310 g/mol. The quantitative estimate of drug-likeness (QED) is 0.893. The van der Waals surface area contributed by atoms with E-state index in [-0.39, 0.29) is 10.9 Å². The zero-order chi connectivity index (χ0) is 14.5. The van der Waals surface area contributed by atoms with Crippen LogP contribution in [0.25, 0.3) is 0 Å². The summed E-state index contributed by atoms with van der Waals surface area (Å²) in [6, 6.07) is 12.1. The van der Waals surface area contributed by atoms with E-state index in [9.17, 15) is 4.79 Å². The maximum absolute atomic E-state index is 12.1. The third kappa shape index (κ3) is 3.44. The molecule has 20 heavy (non-hydrogen) atoms. The van der Waals surface area contributed by atoms with Crippen molar-refractivity contribution in [3.63, 3.8) is 0 Å². The predicted molar refractivity (Wildman–Crippen MR) is 82.0 cm³/mol. The maximum atomic E-state index is 12.1. The molecule has 0 saturated heterocycles. The number of halogens is 2. The summed E-state index contributed by atoms with van der Waals surface area (Å²) in [5.41, 5.74) is 1.00. The van der Waals surface area contributed by atoms with E-state index < -0.39 is 0 Å². The molecule has 0 aliphatic heterocycles. The van der Waals surface area contributed by atoms with Gasteiger partial charge in [-0.1, -0.05) is 29.3 Å². The molecule has 2 rings (SSSR count). The Bertz CT molecular complexity index is 612. The topological polar surface area (TPSA) is 38.3 Å². The lowest BCUT2D eigenvalue weighted by atomic mass is 10.2. The van der Waals surface area contributed by atoms with Gasteiger partial charge in [-0.05, 0) is 43.3 Å². The fourth-order valence-electron chi connectivity index (χ4n) is 1.68. The van der Waals surface area contributed by atoms with Gasteiger partial charge in [-0.3, -0.25) is 4.79 Å². The highest BCUT2D eigenvalue weighted by Gasteiger charge is 2.12. The number of benzene rings is 2. The Morgan fingerprint density at radius 2 is 1.85 bits per heavy atom. The molecule has 5 heteroatoms. The van der Waals surface area contributed by atoms with Gasteiger partial charge >= 0.3 is 0 Å². The molecule has 0 heterocycles. The van der Waals surface area contributed by atoms with Gasteiger partial charge in [0, 0.05) is 5.69 Å². The van der Waals surface area contributed by atoms with Crippen LogP contribution in [0.5, 0.6) is 5.75 Å². The summed E-state index contributed by atoms with van der Waals surface area (Å²) in [6.45, 7) is 2.51. The summed E-state index contributed by atoms with van der Waals surface area (Å²) in [7, 11) is 0. The van der Waals surface area contributed by atoms with Gasteiger partial charge in [-0.2, -0.15) is 0 Å². The number of nitrogens with one attached hydrogen (secondary N) is 1. The van der Waals surface area contributed by atoms with Crippen LogP contribution in [0.3, 0.4) is 0 Å². The van der Waals surface area contributed by atoms with Crippen LogP contribution in [0.2, 0.25) is 10.0 Å². The molecule has 0 radical (unpaired) electrons. The fourth-order valence-corrected chi connectivity index (χ4v) is 2.07. The van der Waals surface area contributed by atoms with E-state index in [4.69, 9.17) is 27.9 Å². The summed E-state index contributed by atoms with van der Waals surface area (Å²) in [5.74, 6) is 0.452. The molecule has 0 aliphatic carbocycles. The average Bonchev–Trinajstić information content (AvgIpc) is 2.44. The smallest absolute Gasteiger partial charge is 0.257 e. The molecule has 0 atom stereocenters. The van der Waals surface area contributed by atoms with Crippen LogP contribution in [0.15, 0.2) is 42.5 Å². The van der Waals surface area contributed by atoms with E-state index in [0.29, 0.717) is 22.9 Å². The standard InChI is InChI=1S/C15H13Cl2NO2/c1-2-20-11-8-6-10(7-9-11)18-15(19)12-4-3-5-13(16)14(12)17/h3-9H,2H2,1H3,(H,18,19). The molecule has 0 saturated carbocycles. The molecule has 2 aromatic carbocycles. The summed E-state index contributed by atoms with van der Waals surface area (Å²) in [5, 5.41) is 3.36. The van der Waals surface area contributed by atoms with Crippen molar-refractivity contribution in [1.82, 2.24) is 0 Å².